The van der Waals surface area contributed by atoms with Crippen molar-refractivity contribution in [3.8, 4) is 11.5 Å². The van der Waals surface area contributed by atoms with Crippen LogP contribution in [0, 0.1) is 0 Å². The Morgan fingerprint density at radius 1 is 0.543 bits per heavy atom. The SMILES string of the molecule is C=C(C)C(=O)OOC(C)(Cc1ccccc1OC(=O)C(=C)C)C(=O)C(C)(Cc1ccccc1OC(=O)C(=C)C)OOC(=O)C(=C)C. The van der Waals surface area contributed by atoms with Crippen LogP contribution in [0.5, 0.6) is 11.5 Å². The fraction of sp³-hybridized carbons (Fsp3) is 0.286. The highest BCUT2D eigenvalue weighted by Gasteiger charge is 2.51. The zero-order valence-electron chi connectivity index (χ0n) is 26.9. The van der Waals surface area contributed by atoms with Crippen LogP contribution in [0.25, 0.3) is 0 Å². The van der Waals surface area contributed by atoms with Crippen molar-refractivity contribution in [1.82, 2.24) is 0 Å². The monoisotopic (exact) mass is 634 g/mol. The van der Waals surface area contributed by atoms with Gasteiger partial charge in [-0.15, -0.1) is 0 Å². The summed E-state index contributed by atoms with van der Waals surface area (Å²) in [5.74, 6) is -4.07. The molecule has 0 amide bonds. The van der Waals surface area contributed by atoms with E-state index in [1.54, 1.807) is 36.4 Å². The van der Waals surface area contributed by atoms with E-state index in [2.05, 4.69) is 26.3 Å². The fourth-order valence-corrected chi connectivity index (χ4v) is 3.86. The lowest BCUT2D eigenvalue weighted by molar-refractivity contribution is -0.339. The molecule has 2 rings (SSSR count). The first kappa shape index (κ1) is 37.1. The minimum Gasteiger partial charge on any atom is -0.423 e. The molecule has 0 radical (unpaired) electrons. The van der Waals surface area contributed by atoms with Crippen molar-refractivity contribution >= 4 is 29.7 Å². The van der Waals surface area contributed by atoms with Crippen molar-refractivity contribution in [1.29, 1.82) is 0 Å². The molecule has 2 atom stereocenters. The van der Waals surface area contributed by atoms with Crippen molar-refractivity contribution in [3.05, 3.63) is 108 Å². The van der Waals surface area contributed by atoms with Gasteiger partial charge in [0, 0.05) is 35.1 Å². The molecule has 11 nitrogen and oxygen atoms in total. The number of ketones is 1. The summed E-state index contributed by atoms with van der Waals surface area (Å²) >= 11 is 0. The zero-order valence-corrected chi connectivity index (χ0v) is 26.9. The van der Waals surface area contributed by atoms with Crippen LogP contribution in [-0.4, -0.2) is 40.9 Å². The zero-order chi connectivity index (χ0) is 34.8. The number of carbonyl (C=O) groups is 5. The molecule has 0 saturated carbocycles. The molecule has 0 aromatic heterocycles. The fourth-order valence-electron chi connectivity index (χ4n) is 3.86. The number of hydrogen-bond donors (Lipinski definition) is 0. The quantitative estimate of drug-likeness (QED) is 0.0747. The number of para-hydroxylation sites is 2. The lowest BCUT2D eigenvalue weighted by Gasteiger charge is -2.35. The average Bonchev–Trinajstić information content (AvgIpc) is 2.99. The van der Waals surface area contributed by atoms with Crippen molar-refractivity contribution in [2.24, 2.45) is 0 Å². The highest BCUT2D eigenvalue weighted by Crippen LogP contribution is 2.35. The second kappa shape index (κ2) is 15.7. The summed E-state index contributed by atoms with van der Waals surface area (Å²) in [6.07, 6.45) is -0.677. The van der Waals surface area contributed by atoms with E-state index in [1.807, 2.05) is 0 Å². The van der Waals surface area contributed by atoms with Crippen LogP contribution >= 0.6 is 0 Å². The molecule has 244 valence electrons. The molecule has 0 aliphatic carbocycles. The molecule has 2 aromatic rings. The van der Waals surface area contributed by atoms with Crippen molar-refractivity contribution in [2.45, 2.75) is 65.6 Å². The van der Waals surface area contributed by atoms with E-state index in [-0.39, 0.29) is 46.6 Å². The van der Waals surface area contributed by atoms with Gasteiger partial charge in [-0.05, 0) is 64.8 Å². The highest BCUT2D eigenvalue weighted by atomic mass is 17.2. The standard InChI is InChI=1S/C35H38O11/c1-21(2)29(36)41-27-17-13-11-15-25(27)19-34(9,45-43-31(38)23(5)6)33(40)35(10,46-44-32(39)24(7)8)20-26-16-12-14-18-28(26)42-30(37)22(3)4/h11-18H,1,3,5,7,19-20H2,2,4,6,8-10H3. The Morgan fingerprint density at radius 3 is 1.15 bits per heavy atom. The molecule has 0 aliphatic heterocycles. The molecule has 46 heavy (non-hydrogen) atoms. The average molecular weight is 635 g/mol. The molecule has 0 N–H and O–H groups in total. The van der Waals surface area contributed by atoms with E-state index in [4.69, 9.17) is 29.0 Å². The maximum Gasteiger partial charge on any atom is 0.368 e. The molecule has 2 aromatic carbocycles. The summed E-state index contributed by atoms with van der Waals surface area (Å²) in [5.41, 5.74) is -3.33. The molecular formula is C35H38O11. The molecule has 0 aliphatic rings. The van der Waals surface area contributed by atoms with E-state index in [0.29, 0.717) is 11.1 Å². The summed E-state index contributed by atoms with van der Waals surface area (Å²) in [5, 5.41) is 0. The largest absolute Gasteiger partial charge is 0.423 e. The number of benzene rings is 2. The molecule has 0 fully saturated rings. The van der Waals surface area contributed by atoms with Crippen molar-refractivity contribution < 1.29 is 53.0 Å². The minimum atomic E-state index is -2.08. The summed E-state index contributed by atoms with van der Waals surface area (Å²) < 4.78 is 10.9. The Labute approximate surface area is 267 Å². The molecule has 11 heteroatoms. The number of ether oxygens (including phenoxy) is 2. The van der Waals surface area contributed by atoms with Crippen LogP contribution in [0.1, 0.15) is 52.7 Å². The maximum absolute atomic E-state index is 14.6. The predicted molar refractivity (Wildman–Crippen MR) is 167 cm³/mol. The third-order valence-electron chi connectivity index (χ3n) is 6.36. The summed E-state index contributed by atoms with van der Waals surface area (Å²) in [7, 11) is 0. The number of Topliss-reactive ketones (excluding diaryl/α,β-unsaturated/α-hetero) is 1. The number of rotatable bonds is 16. The van der Waals surface area contributed by atoms with Gasteiger partial charge in [-0.2, -0.15) is 9.78 Å². The van der Waals surface area contributed by atoms with E-state index < -0.39 is 40.9 Å². The van der Waals surface area contributed by atoms with Crippen LogP contribution in [0.4, 0.5) is 0 Å². The lowest BCUT2D eigenvalue weighted by atomic mass is 9.80. The van der Waals surface area contributed by atoms with E-state index >= 15 is 0 Å². The maximum atomic E-state index is 14.6. The second-order valence-electron chi connectivity index (χ2n) is 11.2. The molecular weight excluding hydrogens is 596 g/mol. The lowest BCUT2D eigenvalue weighted by Crippen LogP contribution is -2.55. The van der Waals surface area contributed by atoms with E-state index in [9.17, 15) is 24.0 Å². The molecule has 0 bridgehead atoms. The van der Waals surface area contributed by atoms with Crippen molar-refractivity contribution in [3.63, 3.8) is 0 Å². The Bertz CT molecular complexity index is 1470. The van der Waals surface area contributed by atoms with Gasteiger partial charge in [0.1, 0.15) is 11.5 Å². The van der Waals surface area contributed by atoms with Gasteiger partial charge in [-0.25, -0.2) is 19.2 Å². The van der Waals surface area contributed by atoms with E-state index in [0.717, 1.165) is 0 Å². The van der Waals surface area contributed by atoms with Crippen LogP contribution in [0.2, 0.25) is 0 Å². The van der Waals surface area contributed by atoms with Crippen LogP contribution in [0.15, 0.2) is 97.1 Å². The van der Waals surface area contributed by atoms with Gasteiger partial charge in [-0.3, -0.25) is 14.6 Å². The first-order valence-electron chi connectivity index (χ1n) is 14.0. The van der Waals surface area contributed by atoms with Gasteiger partial charge < -0.3 is 9.47 Å². The van der Waals surface area contributed by atoms with Crippen LogP contribution in [0.3, 0.4) is 0 Å². The van der Waals surface area contributed by atoms with Gasteiger partial charge in [0.25, 0.3) is 0 Å². The molecule has 0 spiro atoms. The van der Waals surface area contributed by atoms with Gasteiger partial charge in [0.2, 0.25) is 5.78 Å². The van der Waals surface area contributed by atoms with E-state index in [1.165, 1.54) is 53.7 Å². The summed E-state index contributed by atoms with van der Waals surface area (Å²) in [6, 6.07) is 12.6. The normalized spacial score (nSPS) is 13.2. The number of carbonyl (C=O) groups excluding carboxylic acids is 5. The molecule has 2 unspecified atom stereocenters. The molecule has 0 saturated heterocycles. The van der Waals surface area contributed by atoms with Gasteiger partial charge in [0.15, 0.2) is 11.2 Å². The van der Waals surface area contributed by atoms with Crippen LogP contribution in [-0.2, 0) is 56.4 Å². The van der Waals surface area contributed by atoms with Gasteiger partial charge >= 0.3 is 23.9 Å². The Hall–Kier alpha value is -5.13. The topological polar surface area (TPSA) is 141 Å². The minimum absolute atomic E-state index is 0.0201. The summed E-state index contributed by atoms with van der Waals surface area (Å²) in [4.78, 5) is 85.2. The first-order valence-corrected chi connectivity index (χ1v) is 14.0. The number of esters is 2. The van der Waals surface area contributed by atoms with Gasteiger partial charge in [-0.1, -0.05) is 62.7 Å². The summed E-state index contributed by atoms with van der Waals surface area (Å²) in [6.45, 7) is 22.5. The first-order chi connectivity index (χ1) is 21.4. The smallest absolute Gasteiger partial charge is 0.368 e. The van der Waals surface area contributed by atoms with Gasteiger partial charge in [0.05, 0.1) is 0 Å². The Kier molecular flexibility index (Phi) is 12.7. The third kappa shape index (κ3) is 9.94. The predicted octanol–water partition coefficient (Wildman–Crippen LogP) is 5.62. The molecule has 0 heterocycles. The van der Waals surface area contributed by atoms with Crippen LogP contribution < -0.4 is 9.47 Å². The highest BCUT2D eigenvalue weighted by molar-refractivity contribution is 5.96. The Balaban J connectivity index is 2.69. The van der Waals surface area contributed by atoms with Crippen molar-refractivity contribution in [2.75, 3.05) is 0 Å². The Morgan fingerprint density at radius 2 is 0.848 bits per heavy atom. The number of hydrogen-bond acceptors (Lipinski definition) is 11. The third-order valence-corrected chi connectivity index (χ3v) is 6.36. The second-order valence-corrected chi connectivity index (χ2v) is 11.2.